The highest BCUT2D eigenvalue weighted by Gasteiger charge is 2.13. The van der Waals surface area contributed by atoms with Crippen LogP contribution >= 0.6 is 23.0 Å². The number of hydrogen-bond acceptors (Lipinski definition) is 2. The molecule has 0 N–H and O–H groups in total. The van der Waals surface area contributed by atoms with E-state index in [0.717, 1.165) is 24.3 Å². The number of aryl methyl sites for hydroxylation is 1. The van der Waals surface area contributed by atoms with Crippen molar-refractivity contribution in [2.45, 2.75) is 33.6 Å². The maximum atomic E-state index is 5.38. The summed E-state index contributed by atoms with van der Waals surface area (Å²) in [4.78, 5) is 0. The van der Waals surface area contributed by atoms with Gasteiger partial charge in [-0.25, -0.2) is 0 Å². The zero-order valence-corrected chi connectivity index (χ0v) is 11.8. The fourth-order valence-corrected chi connectivity index (χ4v) is 2.24. The molecule has 0 atom stereocenters. The van der Waals surface area contributed by atoms with Crippen molar-refractivity contribution < 1.29 is 7.80 Å². The average Bonchev–Trinajstić information content (AvgIpc) is 2.23. The van der Waals surface area contributed by atoms with Crippen LogP contribution in [0.5, 0.6) is 11.5 Å². The standard InChI is InChI=1S/C12H17IO2/c1-5-6-10-8(2)7-11(15-13)12(14-4)9(10)3/h7H,5-6H2,1-4H3. The molecule has 0 bridgehead atoms. The van der Waals surface area contributed by atoms with E-state index in [0.29, 0.717) is 0 Å². The van der Waals surface area contributed by atoms with E-state index in [4.69, 9.17) is 7.80 Å². The van der Waals surface area contributed by atoms with Crippen molar-refractivity contribution >= 4 is 23.0 Å². The topological polar surface area (TPSA) is 18.5 Å². The molecule has 0 aliphatic heterocycles. The van der Waals surface area contributed by atoms with Gasteiger partial charge < -0.3 is 7.80 Å². The van der Waals surface area contributed by atoms with E-state index in [2.05, 4.69) is 20.8 Å². The van der Waals surface area contributed by atoms with Crippen molar-refractivity contribution in [1.29, 1.82) is 0 Å². The molecule has 0 aliphatic carbocycles. The molecule has 84 valence electrons. The maximum Gasteiger partial charge on any atom is 0.192 e. The first-order chi connectivity index (χ1) is 7.15. The van der Waals surface area contributed by atoms with Gasteiger partial charge in [-0.15, -0.1) is 0 Å². The van der Waals surface area contributed by atoms with Gasteiger partial charge in [0.1, 0.15) is 0 Å². The summed E-state index contributed by atoms with van der Waals surface area (Å²) in [6.07, 6.45) is 2.24. The van der Waals surface area contributed by atoms with E-state index in [1.165, 1.54) is 16.7 Å². The minimum Gasteiger partial charge on any atom is -0.493 e. The number of methoxy groups -OCH3 is 1. The Morgan fingerprint density at radius 3 is 2.47 bits per heavy atom. The predicted molar refractivity (Wildman–Crippen MR) is 71.1 cm³/mol. The summed E-state index contributed by atoms with van der Waals surface area (Å²) in [6, 6.07) is 2.04. The number of benzene rings is 1. The van der Waals surface area contributed by atoms with Crippen LogP contribution in [0.2, 0.25) is 0 Å². The van der Waals surface area contributed by atoms with Gasteiger partial charge in [0.15, 0.2) is 34.5 Å². The molecule has 0 fully saturated rings. The van der Waals surface area contributed by atoms with E-state index < -0.39 is 0 Å². The first-order valence-electron chi connectivity index (χ1n) is 5.11. The van der Waals surface area contributed by atoms with Crippen LogP contribution in [0.25, 0.3) is 0 Å². The average molecular weight is 320 g/mol. The smallest absolute Gasteiger partial charge is 0.192 e. The Morgan fingerprint density at radius 1 is 1.33 bits per heavy atom. The Morgan fingerprint density at radius 2 is 2.00 bits per heavy atom. The van der Waals surface area contributed by atoms with Crippen LogP contribution in [-0.2, 0) is 6.42 Å². The summed E-state index contributed by atoms with van der Waals surface area (Å²) in [7, 11) is 1.69. The molecule has 0 saturated heterocycles. The van der Waals surface area contributed by atoms with Crippen molar-refractivity contribution in [3.05, 3.63) is 22.8 Å². The molecule has 0 amide bonds. The van der Waals surface area contributed by atoms with Gasteiger partial charge in [0, 0.05) is 0 Å². The summed E-state index contributed by atoms with van der Waals surface area (Å²) in [5.41, 5.74) is 3.86. The van der Waals surface area contributed by atoms with Gasteiger partial charge in [-0.2, -0.15) is 0 Å². The van der Waals surface area contributed by atoms with E-state index in [9.17, 15) is 0 Å². The van der Waals surface area contributed by atoms with Crippen molar-refractivity contribution in [2.24, 2.45) is 0 Å². The van der Waals surface area contributed by atoms with Gasteiger partial charge in [0.25, 0.3) is 0 Å². The lowest BCUT2D eigenvalue weighted by molar-refractivity contribution is 0.399. The van der Waals surface area contributed by atoms with Gasteiger partial charge in [-0.1, -0.05) is 13.3 Å². The largest absolute Gasteiger partial charge is 0.493 e. The van der Waals surface area contributed by atoms with Crippen molar-refractivity contribution in [1.82, 2.24) is 0 Å². The van der Waals surface area contributed by atoms with Crippen molar-refractivity contribution in [2.75, 3.05) is 7.11 Å². The Hall–Kier alpha value is -0.450. The molecule has 0 spiro atoms. The fourth-order valence-electron chi connectivity index (χ4n) is 1.91. The lowest BCUT2D eigenvalue weighted by atomic mass is 9.97. The predicted octanol–water partition coefficient (Wildman–Crippen LogP) is 3.99. The first-order valence-corrected chi connectivity index (χ1v) is 5.99. The van der Waals surface area contributed by atoms with Crippen LogP contribution in [0.4, 0.5) is 0 Å². The molecule has 0 radical (unpaired) electrons. The Kier molecular flexibility index (Phi) is 4.70. The van der Waals surface area contributed by atoms with Crippen LogP contribution in [0.3, 0.4) is 0 Å². The van der Waals surface area contributed by atoms with Crippen LogP contribution in [0.15, 0.2) is 6.07 Å². The lowest BCUT2D eigenvalue weighted by Crippen LogP contribution is -1.99. The number of halogens is 1. The van der Waals surface area contributed by atoms with E-state index in [1.54, 1.807) is 7.11 Å². The molecule has 1 aromatic rings. The SMILES string of the molecule is CCCc1c(C)cc(OI)c(OC)c1C. The fraction of sp³-hybridized carbons (Fsp3) is 0.500. The second-order valence-corrected chi connectivity index (χ2v) is 4.10. The van der Waals surface area contributed by atoms with E-state index >= 15 is 0 Å². The van der Waals surface area contributed by atoms with Crippen molar-refractivity contribution in [3.8, 4) is 11.5 Å². The van der Waals surface area contributed by atoms with Gasteiger partial charge in [0.2, 0.25) is 0 Å². The van der Waals surface area contributed by atoms with E-state index in [-0.39, 0.29) is 0 Å². The van der Waals surface area contributed by atoms with Crippen LogP contribution in [-0.4, -0.2) is 7.11 Å². The highest BCUT2D eigenvalue weighted by molar-refractivity contribution is 14.1. The number of hydrogen-bond donors (Lipinski definition) is 0. The molecule has 3 heteroatoms. The molecule has 0 unspecified atom stereocenters. The van der Waals surface area contributed by atoms with E-state index in [1.807, 2.05) is 29.1 Å². The normalized spacial score (nSPS) is 10.2. The minimum atomic E-state index is 0.813. The summed E-state index contributed by atoms with van der Waals surface area (Å²) in [6.45, 7) is 6.40. The molecular formula is C12H17IO2. The highest BCUT2D eigenvalue weighted by Crippen LogP contribution is 2.36. The third kappa shape index (κ3) is 2.56. The highest BCUT2D eigenvalue weighted by atomic mass is 127. The molecular weight excluding hydrogens is 303 g/mol. The Balaban J connectivity index is 3.31. The monoisotopic (exact) mass is 320 g/mol. The summed E-state index contributed by atoms with van der Waals surface area (Å²) >= 11 is 1.89. The minimum absolute atomic E-state index is 0.813. The Labute approximate surface area is 106 Å². The molecule has 0 aliphatic rings. The molecule has 0 saturated carbocycles. The second-order valence-electron chi connectivity index (χ2n) is 3.66. The zero-order chi connectivity index (χ0) is 11.4. The second kappa shape index (κ2) is 5.58. The quantitative estimate of drug-likeness (QED) is 0.781. The molecule has 0 aromatic heterocycles. The molecule has 2 nitrogen and oxygen atoms in total. The number of rotatable bonds is 4. The third-order valence-electron chi connectivity index (χ3n) is 2.63. The van der Waals surface area contributed by atoms with Crippen molar-refractivity contribution in [3.63, 3.8) is 0 Å². The molecule has 0 heterocycles. The zero-order valence-electron chi connectivity index (χ0n) is 9.69. The number of ether oxygens (including phenoxy) is 1. The van der Waals surface area contributed by atoms with Crippen LogP contribution < -0.4 is 7.80 Å². The van der Waals surface area contributed by atoms with Gasteiger partial charge in [0.05, 0.1) is 7.11 Å². The first kappa shape index (κ1) is 12.6. The molecule has 1 rings (SSSR count). The van der Waals surface area contributed by atoms with Crippen LogP contribution in [0.1, 0.15) is 30.0 Å². The molecule has 15 heavy (non-hydrogen) atoms. The Bertz CT molecular complexity index is 348. The maximum absolute atomic E-state index is 5.38. The lowest BCUT2D eigenvalue weighted by Gasteiger charge is -2.15. The summed E-state index contributed by atoms with van der Waals surface area (Å²) < 4.78 is 10.7. The third-order valence-corrected chi connectivity index (χ3v) is 3.10. The van der Waals surface area contributed by atoms with Gasteiger partial charge in [-0.05, 0) is 43.0 Å². The summed E-state index contributed by atoms with van der Waals surface area (Å²) in [5, 5.41) is 0. The summed E-state index contributed by atoms with van der Waals surface area (Å²) in [5.74, 6) is 1.67. The van der Waals surface area contributed by atoms with Gasteiger partial charge >= 0.3 is 0 Å². The molecule has 1 aromatic carbocycles. The van der Waals surface area contributed by atoms with Crippen LogP contribution in [0, 0.1) is 13.8 Å². The van der Waals surface area contributed by atoms with Gasteiger partial charge in [-0.3, -0.25) is 0 Å².